The van der Waals surface area contributed by atoms with Crippen LogP contribution in [0.4, 0.5) is 0 Å². The maximum atomic E-state index is 12.0. The van der Waals surface area contributed by atoms with E-state index in [1.807, 2.05) is 6.92 Å². The molecular formula is C13H19NO4S. The van der Waals surface area contributed by atoms with Gasteiger partial charge in [-0.3, -0.25) is 9.00 Å². The first-order valence-electron chi connectivity index (χ1n) is 6.01. The lowest BCUT2D eigenvalue weighted by Crippen LogP contribution is -2.28. The molecule has 0 aliphatic rings. The van der Waals surface area contributed by atoms with Crippen molar-refractivity contribution in [2.75, 3.05) is 12.0 Å². The Balaban J connectivity index is 3.28. The van der Waals surface area contributed by atoms with Crippen LogP contribution in [0.25, 0.3) is 0 Å². The fourth-order valence-electron chi connectivity index (χ4n) is 2.23. The summed E-state index contributed by atoms with van der Waals surface area (Å²) in [6.07, 6.45) is 2.19. The Morgan fingerprint density at radius 3 is 2.53 bits per heavy atom. The summed E-state index contributed by atoms with van der Waals surface area (Å²) in [5.41, 5.74) is 0.878. The second-order valence-electron chi connectivity index (χ2n) is 4.72. The molecule has 0 aliphatic carbocycles. The van der Waals surface area contributed by atoms with Gasteiger partial charge in [0, 0.05) is 40.6 Å². The van der Waals surface area contributed by atoms with Gasteiger partial charge >= 0.3 is 5.97 Å². The fraction of sp³-hybridized carbons (Fsp3) is 0.538. The van der Waals surface area contributed by atoms with Gasteiger partial charge in [0.25, 0.3) is 5.56 Å². The van der Waals surface area contributed by atoms with E-state index in [0.29, 0.717) is 23.4 Å². The van der Waals surface area contributed by atoms with Crippen molar-refractivity contribution in [2.24, 2.45) is 0 Å². The van der Waals surface area contributed by atoms with Gasteiger partial charge in [-0.25, -0.2) is 4.79 Å². The molecule has 1 aromatic heterocycles. The predicted molar refractivity (Wildman–Crippen MR) is 75.4 cm³/mol. The first kappa shape index (κ1) is 15.6. The van der Waals surface area contributed by atoms with Gasteiger partial charge in [0.15, 0.2) is 0 Å². The SMILES string of the molecule is Cc1cc(=O)n(C(C)CCS(C)=O)c(C)c1C(=O)O. The zero-order chi connectivity index (χ0) is 14.7. The average Bonchev–Trinajstić information content (AvgIpc) is 2.24. The summed E-state index contributed by atoms with van der Waals surface area (Å²) in [4.78, 5) is 23.2. The molecule has 0 amide bonds. The molecule has 0 bridgehead atoms. The van der Waals surface area contributed by atoms with Crippen LogP contribution >= 0.6 is 0 Å². The van der Waals surface area contributed by atoms with Crippen molar-refractivity contribution in [2.45, 2.75) is 33.2 Å². The first-order valence-corrected chi connectivity index (χ1v) is 7.74. The van der Waals surface area contributed by atoms with Crippen LogP contribution in [-0.2, 0) is 10.8 Å². The number of carboxylic acid groups (broad SMARTS) is 1. The van der Waals surface area contributed by atoms with Crippen LogP contribution in [0, 0.1) is 13.8 Å². The van der Waals surface area contributed by atoms with E-state index < -0.39 is 16.8 Å². The summed E-state index contributed by atoms with van der Waals surface area (Å²) in [7, 11) is -0.923. The number of nitrogens with zero attached hydrogens (tertiary/aromatic N) is 1. The van der Waals surface area contributed by atoms with Crippen molar-refractivity contribution in [3.63, 3.8) is 0 Å². The van der Waals surface area contributed by atoms with E-state index in [1.165, 1.54) is 10.6 Å². The van der Waals surface area contributed by atoms with Crippen molar-refractivity contribution < 1.29 is 14.1 Å². The zero-order valence-corrected chi connectivity index (χ0v) is 12.4. The molecule has 0 fully saturated rings. The Kier molecular flexibility index (Phi) is 5.05. The van der Waals surface area contributed by atoms with E-state index in [0.717, 1.165) is 0 Å². The summed E-state index contributed by atoms with van der Waals surface area (Å²) in [6.45, 7) is 5.09. The smallest absolute Gasteiger partial charge is 0.337 e. The van der Waals surface area contributed by atoms with Crippen LogP contribution in [0.15, 0.2) is 10.9 Å². The summed E-state index contributed by atoms with van der Waals surface area (Å²) in [5, 5.41) is 9.20. The second-order valence-corrected chi connectivity index (χ2v) is 6.27. The molecule has 0 aliphatic heterocycles. The molecule has 106 valence electrons. The predicted octanol–water partition coefficient (Wildman–Crippen LogP) is 1.49. The number of hydrogen-bond donors (Lipinski definition) is 1. The Hall–Kier alpha value is -1.43. The monoisotopic (exact) mass is 285 g/mol. The standard InChI is InChI=1S/C13H19NO4S/c1-8-7-11(15)14(9(2)5-6-19(4)18)10(3)12(8)13(16)17/h7,9H,5-6H2,1-4H3,(H,16,17). The Bertz CT molecular complexity index is 577. The van der Waals surface area contributed by atoms with Gasteiger partial charge in [0.05, 0.1) is 5.56 Å². The summed E-state index contributed by atoms with van der Waals surface area (Å²) in [5.74, 6) is -0.543. The fourth-order valence-corrected chi connectivity index (χ4v) is 2.91. The highest BCUT2D eigenvalue weighted by atomic mass is 32.2. The van der Waals surface area contributed by atoms with Crippen molar-refractivity contribution in [3.05, 3.63) is 33.2 Å². The number of pyridine rings is 1. The molecule has 0 spiro atoms. The molecular weight excluding hydrogens is 266 g/mol. The molecule has 0 radical (unpaired) electrons. The lowest BCUT2D eigenvalue weighted by atomic mass is 10.1. The van der Waals surface area contributed by atoms with Crippen LogP contribution in [0.5, 0.6) is 0 Å². The highest BCUT2D eigenvalue weighted by Crippen LogP contribution is 2.17. The van der Waals surface area contributed by atoms with E-state index in [4.69, 9.17) is 0 Å². The maximum Gasteiger partial charge on any atom is 0.337 e. The van der Waals surface area contributed by atoms with Crippen LogP contribution in [0.3, 0.4) is 0 Å². The Morgan fingerprint density at radius 2 is 2.05 bits per heavy atom. The Morgan fingerprint density at radius 1 is 1.47 bits per heavy atom. The number of hydrogen-bond acceptors (Lipinski definition) is 3. The molecule has 6 heteroatoms. The highest BCUT2D eigenvalue weighted by Gasteiger charge is 2.18. The van der Waals surface area contributed by atoms with Gasteiger partial charge in [0.2, 0.25) is 0 Å². The molecule has 5 nitrogen and oxygen atoms in total. The van der Waals surface area contributed by atoms with E-state index in [2.05, 4.69) is 0 Å². The van der Waals surface area contributed by atoms with Gasteiger partial charge in [-0.2, -0.15) is 0 Å². The largest absolute Gasteiger partial charge is 0.478 e. The quantitative estimate of drug-likeness (QED) is 0.889. The number of rotatable bonds is 5. The van der Waals surface area contributed by atoms with Gasteiger partial charge in [0.1, 0.15) is 0 Å². The molecule has 1 N–H and O–H groups in total. The van der Waals surface area contributed by atoms with Crippen molar-refractivity contribution in [1.29, 1.82) is 0 Å². The topological polar surface area (TPSA) is 76.4 Å². The third kappa shape index (κ3) is 3.53. The molecule has 1 rings (SSSR count). The number of carbonyl (C=O) groups is 1. The maximum absolute atomic E-state index is 12.0. The van der Waals surface area contributed by atoms with Crippen LogP contribution in [0.2, 0.25) is 0 Å². The number of aromatic nitrogens is 1. The third-order valence-corrected chi connectivity index (χ3v) is 3.98. The molecule has 1 heterocycles. The van der Waals surface area contributed by atoms with Crippen LogP contribution in [-0.4, -0.2) is 31.9 Å². The van der Waals surface area contributed by atoms with Crippen molar-refractivity contribution in [1.82, 2.24) is 4.57 Å². The van der Waals surface area contributed by atoms with Gasteiger partial charge in [-0.1, -0.05) is 0 Å². The summed E-state index contributed by atoms with van der Waals surface area (Å²) >= 11 is 0. The molecule has 1 aromatic rings. The molecule has 19 heavy (non-hydrogen) atoms. The summed E-state index contributed by atoms with van der Waals surface area (Å²) < 4.78 is 12.6. The molecule has 2 atom stereocenters. The minimum absolute atomic E-state index is 0.170. The van der Waals surface area contributed by atoms with Crippen LogP contribution in [0.1, 0.15) is 41.0 Å². The van der Waals surface area contributed by atoms with E-state index in [-0.39, 0.29) is 17.2 Å². The van der Waals surface area contributed by atoms with E-state index in [9.17, 15) is 18.9 Å². The minimum Gasteiger partial charge on any atom is -0.478 e. The van der Waals surface area contributed by atoms with Gasteiger partial charge in [-0.15, -0.1) is 0 Å². The zero-order valence-electron chi connectivity index (χ0n) is 11.6. The minimum atomic E-state index is -1.03. The first-order chi connectivity index (χ1) is 8.75. The van der Waals surface area contributed by atoms with Crippen molar-refractivity contribution >= 4 is 16.8 Å². The lowest BCUT2D eigenvalue weighted by molar-refractivity contribution is 0.0694. The molecule has 0 saturated heterocycles. The molecule has 0 saturated carbocycles. The van der Waals surface area contributed by atoms with Gasteiger partial charge < -0.3 is 9.67 Å². The number of carboxylic acids is 1. The molecule has 2 unspecified atom stereocenters. The van der Waals surface area contributed by atoms with Crippen LogP contribution < -0.4 is 5.56 Å². The molecule has 0 aromatic carbocycles. The lowest BCUT2D eigenvalue weighted by Gasteiger charge is -2.20. The Labute approximate surface area is 114 Å². The van der Waals surface area contributed by atoms with E-state index >= 15 is 0 Å². The second kappa shape index (κ2) is 6.14. The van der Waals surface area contributed by atoms with E-state index in [1.54, 1.807) is 20.1 Å². The number of aryl methyl sites for hydroxylation is 1. The third-order valence-electron chi connectivity index (χ3n) is 3.17. The highest BCUT2D eigenvalue weighted by molar-refractivity contribution is 7.84. The van der Waals surface area contributed by atoms with Gasteiger partial charge in [-0.05, 0) is 32.8 Å². The normalized spacial score (nSPS) is 14.1. The van der Waals surface area contributed by atoms with Crippen molar-refractivity contribution in [3.8, 4) is 0 Å². The average molecular weight is 285 g/mol. The number of aromatic carboxylic acids is 1. The summed E-state index contributed by atoms with van der Waals surface area (Å²) in [6, 6.07) is 1.17.